The topological polar surface area (TPSA) is 75.3 Å². The number of carboxylic acids is 1. The molecule has 0 aliphatic carbocycles. The smallest absolute Gasteiger partial charge is 0.336 e. The molecule has 0 spiro atoms. The van der Waals surface area contributed by atoms with Gasteiger partial charge in [0.1, 0.15) is 0 Å². The van der Waals surface area contributed by atoms with Crippen molar-refractivity contribution in [2.75, 3.05) is 19.3 Å². The van der Waals surface area contributed by atoms with Crippen molar-refractivity contribution < 1.29 is 9.90 Å². The van der Waals surface area contributed by atoms with E-state index in [-0.39, 0.29) is 5.56 Å². The first-order valence-electron chi connectivity index (χ1n) is 4.59. The molecule has 0 aliphatic rings. The lowest BCUT2D eigenvalue weighted by Crippen LogP contribution is -2.05. The summed E-state index contributed by atoms with van der Waals surface area (Å²) in [4.78, 5) is 10.9. The highest BCUT2D eigenvalue weighted by atomic mass is 16.4. The van der Waals surface area contributed by atoms with Crippen LogP contribution in [0.5, 0.6) is 0 Å². The zero-order valence-corrected chi connectivity index (χ0v) is 8.53. The maximum absolute atomic E-state index is 10.9. The highest BCUT2D eigenvalue weighted by Crippen LogP contribution is 2.18. The number of hydrogen-bond donors (Lipinski definition) is 3. The summed E-state index contributed by atoms with van der Waals surface area (Å²) in [6, 6.07) is 4.86. The number of aromatic carboxylic acids is 1. The van der Waals surface area contributed by atoms with Crippen LogP contribution in [0.4, 0.5) is 5.69 Å². The van der Waals surface area contributed by atoms with Crippen LogP contribution < -0.4 is 11.1 Å². The van der Waals surface area contributed by atoms with E-state index >= 15 is 0 Å². The van der Waals surface area contributed by atoms with Gasteiger partial charge in [0, 0.05) is 17.8 Å². The van der Waals surface area contributed by atoms with E-state index in [1.807, 2.05) is 13.1 Å². The standard InChI is InChI=1S/C11H14N2O2/c1-13-7-3-5-8-9(11(14)15)4-2-6-10(8)12/h2-6,13H,7,12H2,1H3,(H,14,15). The Morgan fingerprint density at radius 1 is 1.60 bits per heavy atom. The molecule has 1 aromatic carbocycles. The van der Waals surface area contributed by atoms with Crippen molar-refractivity contribution in [3.8, 4) is 0 Å². The highest BCUT2D eigenvalue weighted by Gasteiger charge is 2.09. The van der Waals surface area contributed by atoms with Gasteiger partial charge in [0.05, 0.1) is 5.56 Å². The van der Waals surface area contributed by atoms with Gasteiger partial charge in [-0.15, -0.1) is 0 Å². The van der Waals surface area contributed by atoms with Crippen molar-refractivity contribution in [3.63, 3.8) is 0 Å². The number of nitrogen functional groups attached to an aromatic ring is 1. The van der Waals surface area contributed by atoms with Crippen molar-refractivity contribution >= 4 is 17.7 Å². The van der Waals surface area contributed by atoms with Crippen LogP contribution in [0.25, 0.3) is 6.08 Å². The van der Waals surface area contributed by atoms with Crippen LogP contribution in [0.2, 0.25) is 0 Å². The van der Waals surface area contributed by atoms with E-state index in [0.717, 1.165) is 0 Å². The van der Waals surface area contributed by atoms with E-state index in [0.29, 0.717) is 17.8 Å². The molecule has 0 bridgehead atoms. The summed E-state index contributed by atoms with van der Waals surface area (Å²) in [6.07, 6.45) is 3.55. The molecule has 0 saturated carbocycles. The second kappa shape index (κ2) is 5.17. The number of rotatable bonds is 4. The zero-order valence-electron chi connectivity index (χ0n) is 8.53. The van der Waals surface area contributed by atoms with Gasteiger partial charge < -0.3 is 16.2 Å². The quantitative estimate of drug-likeness (QED) is 0.647. The van der Waals surface area contributed by atoms with Crippen molar-refractivity contribution in [1.29, 1.82) is 0 Å². The van der Waals surface area contributed by atoms with Crippen molar-refractivity contribution in [3.05, 3.63) is 35.4 Å². The minimum atomic E-state index is -0.966. The Morgan fingerprint density at radius 3 is 2.93 bits per heavy atom. The van der Waals surface area contributed by atoms with E-state index in [1.165, 1.54) is 6.07 Å². The van der Waals surface area contributed by atoms with Crippen LogP contribution >= 0.6 is 0 Å². The fourth-order valence-electron chi connectivity index (χ4n) is 1.25. The lowest BCUT2D eigenvalue weighted by Gasteiger charge is -2.04. The molecule has 0 amide bonds. The molecule has 0 heterocycles. The predicted octanol–water partition coefficient (Wildman–Crippen LogP) is 1.20. The molecule has 80 valence electrons. The maximum Gasteiger partial charge on any atom is 0.336 e. The Bertz CT molecular complexity index is 386. The fourth-order valence-corrected chi connectivity index (χ4v) is 1.25. The molecule has 0 fully saturated rings. The molecule has 0 aliphatic heterocycles. The van der Waals surface area contributed by atoms with Gasteiger partial charge in [-0.3, -0.25) is 0 Å². The monoisotopic (exact) mass is 206 g/mol. The Morgan fingerprint density at radius 2 is 2.33 bits per heavy atom. The molecular formula is C11H14N2O2. The molecule has 1 rings (SSSR count). The number of nitrogens with one attached hydrogen (secondary N) is 1. The molecule has 0 unspecified atom stereocenters. The summed E-state index contributed by atoms with van der Waals surface area (Å²) >= 11 is 0. The Kier molecular flexibility index (Phi) is 3.88. The largest absolute Gasteiger partial charge is 0.478 e. The summed E-state index contributed by atoms with van der Waals surface area (Å²) < 4.78 is 0. The molecule has 4 N–H and O–H groups in total. The Labute approximate surface area is 88.4 Å². The fraction of sp³-hybridized carbons (Fsp3) is 0.182. The number of anilines is 1. The highest BCUT2D eigenvalue weighted by molar-refractivity contribution is 5.94. The van der Waals surface area contributed by atoms with E-state index in [9.17, 15) is 4.79 Å². The van der Waals surface area contributed by atoms with Crippen LogP contribution in [-0.2, 0) is 0 Å². The number of benzene rings is 1. The van der Waals surface area contributed by atoms with Gasteiger partial charge in [-0.25, -0.2) is 4.79 Å². The first-order valence-corrected chi connectivity index (χ1v) is 4.59. The third kappa shape index (κ3) is 2.82. The minimum Gasteiger partial charge on any atom is -0.478 e. The van der Waals surface area contributed by atoms with Crippen LogP contribution in [0.3, 0.4) is 0 Å². The number of likely N-dealkylation sites (N-methyl/N-ethyl adjacent to an activating group) is 1. The third-order valence-corrected chi connectivity index (χ3v) is 1.98. The van der Waals surface area contributed by atoms with Crippen LogP contribution in [0.15, 0.2) is 24.3 Å². The molecule has 0 saturated heterocycles. The number of carbonyl (C=O) groups is 1. The van der Waals surface area contributed by atoms with Gasteiger partial charge >= 0.3 is 5.97 Å². The first-order chi connectivity index (χ1) is 7.16. The first kappa shape index (κ1) is 11.3. The molecule has 15 heavy (non-hydrogen) atoms. The van der Waals surface area contributed by atoms with Crippen molar-refractivity contribution in [1.82, 2.24) is 5.32 Å². The average Bonchev–Trinajstić information content (AvgIpc) is 2.20. The van der Waals surface area contributed by atoms with Gasteiger partial charge in [-0.2, -0.15) is 0 Å². The summed E-state index contributed by atoms with van der Waals surface area (Å²) in [5.41, 5.74) is 6.96. The Hall–Kier alpha value is -1.81. The zero-order chi connectivity index (χ0) is 11.3. The molecule has 4 heteroatoms. The Balaban J connectivity index is 3.07. The van der Waals surface area contributed by atoms with E-state index in [2.05, 4.69) is 5.32 Å². The van der Waals surface area contributed by atoms with Gasteiger partial charge in [0.25, 0.3) is 0 Å². The van der Waals surface area contributed by atoms with Crippen LogP contribution in [0.1, 0.15) is 15.9 Å². The summed E-state index contributed by atoms with van der Waals surface area (Å²) in [6.45, 7) is 0.674. The van der Waals surface area contributed by atoms with Gasteiger partial charge in [-0.1, -0.05) is 18.2 Å². The predicted molar refractivity (Wildman–Crippen MR) is 60.8 cm³/mol. The SMILES string of the molecule is CNCC=Cc1c(N)cccc1C(=O)O. The van der Waals surface area contributed by atoms with E-state index in [1.54, 1.807) is 18.2 Å². The normalized spacial score (nSPS) is 10.7. The second-order valence-electron chi connectivity index (χ2n) is 3.07. The van der Waals surface area contributed by atoms with E-state index in [4.69, 9.17) is 10.8 Å². The molecule has 4 nitrogen and oxygen atoms in total. The average molecular weight is 206 g/mol. The summed E-state index contributed by atoms with van der Waals surface area (Å²) in [5.74, 6) is -0.966. The number of nitrogens with two attached hydrogens (primary N) is 1. The molecule has 0 aromatic heterocycles. The molecule has 0 atom stereocenters. The van der Waals surface area contributed by atoms with Gasteiger partial charge in [0.15, 0.2) is 0 Å². The summed E-state index contributed by atoms with van der Waals surface area (Å²) in [7, 11) is 1.82. The lowest BCUT2D eigenvalue weighted by molar-refractivity contribution is 0.0696. The number of carboxylic acid groups (broad SMARTS) is 1. The van der Waals surface area contributed by atoms with Crippen LogP contribution in [0, 0.1) is 0 Å². The molecule has 1 aromatic rings. The van der Waals surface area contributed by atoms with Gasteiger partial charge in [-0.05, 0) is 19.2 Å². The lowest BCUT2D eigenvalue weighted by atomic mass is 10.1. The molecular weight excluding hydrogens is 192 g/mol. The van der Waals surface area contributed by atoms with Gasteiger partial charge in [0.2, 0.25) is 0 Å². The van der Waals surface area contributed by atoms with Crippen molar-refractivity contribution in [2.24, 2.45) is 0 Å². The van der Waals surface area contributed by atoms with Crippen LogP contribution in [-0.4, -0.2) is 24.7 Å². The second-order valence-corrected chi connectivity index (χ2v) is 3.07. The van der Waals surface area contributed by atoms with Crippen molar-refractivity contribution in [2.45, 2.75) is 0 Å². The number of hydrogen-bond acceptors (Lipinski definition) is 3. The maximum atomic E-state index is 10.9. The summed E-state index contributed by atoms with van der Waals surface area (Å²) in [5, 5.41) is 11.9. The van der Waals surface area contributed by atoms with E-state index < -0.39 is 5.97 Å². The molecule has 0 radical (unpaired) electrons. The minimum absolute atomic E-state index is 0.224. The third-order valence-electron chi connectivity index (χ3n) is 1.98.